The third-order valence-electron chi connectivity index (χ3n) is 2.01. The first-order valence-corrected chi connectivity index (χ1v) is 5.85. The van der Waals surface area contributed by atoms with Crippen LogP contribution in [0.2, 0.25) is 5.02 Å². The van der Waals surface area contributed by atoms with Crippen LogP contribution in [0.25, 0.3) is 11.5 Å². The van der Waals surface area contributed by atoms with Gasteiger partial charge in [0.25, 0.3) is 5.89 Å². The molecule has 0 aliphatic carbocycles. The van der Waals surface area contributed by atoms with E-state index in [-0.39, 0.29) is 0 Å². The lowest BCUT2D eigenvalue weighted by atomic mass is 10.1. The summed E-state index contributed by atoms with van der Waals surface area (Å²) < 4.78 is 5.13. The van der Waals surface area contributed by atoms with Crippen molar-refractivity contribution in [3.63, 3.8) is 0 Å². The molecule has 3 nitrogen and oxygen atoms in total. The summed E-state index contributed by atoms with van der Waals surface area (Å²) >= 11 is 9.13. The lowest BCUT2D eigenvalue weighted by Crippen LogP contribution is -1.84. The van der Waals surface area contributed by atoms with E-state index >= 15 is 0 Å². The zero-order valence-corrected chi connectivity index (χ0v) is 10.3. The van der Waals surface area contributed by atoms with Gasteiger partial charge in [-0.15, -0.1) is 0 Å². The number of hydrogen-bond acceptors (Lipinski definition) is 3. The predicted molar refractivity (Wildman–Crippen MR) is 62.1 cm³/mol. The van der Waals surface area contributed by atoms with Crippen LogP contribution >= 0.6 is 27.5 Å². The second-order valence-corrected chi connectivity index (χ2v) is 4.11. The molecule has 78 valence electrons. The zero-order valence-electron chi connectivity index (χ0n) is 8.00. The molecule has 1 aromatic carbocycles. The van der Waals surface area contributed by atoms with E-state index in [9.17, 15) is 0 Å². The van der Waals surface area contributed by atoms with Gasteiger partial charge in [0.2, 0.25) is 0 Å². The van der Waals surface area contributed by atoms with Gasteiger partial charge in [-0.25, -0.2) is 0 Å². The molecule has 1 aromatic heterocycles. The minimum atomic E-state index is 0.526. The van der Waals surface area contributed by atoms with Crippen molar-refractivity contribution in [3.8, 4) is 11.5 Å². The Balaban J connectivity index is 2.44. The largest absolute Gasteiger partial charge is 0.334 e. The summed E-state index contributed by atoms with van der Waals surface area (Å²) in [5.41, 5.74) is 1.94. The fourth-order valence-electron chi connectivity index (χ4n) is 1.28. The second kappa shape index (κ2) is 4.33. The molecule has 0 aliphatic rings. The average Bonchev–Trinajstić information content (AvgIpc) is 2.66. The number of nitrogens with zero attached hydrogens (tertiary/aromatic N) is 2. The van der Waals surface area contributed by atoms with Gasteiger partial charge in [-0.05, 0) is 30.7 Å². The molecule has 0 unspecified atom stereocenters. The minimum Gasteiger partial charge on any atom is -0.334 e. The summed E-state index contributed by atoms with van der Waals surface area (Å²) in [4.78, 5) is 4.22. The van der Waals surface area contributed by atoms with Crippen molar-refractivity contribution in [2.24, 2.45) is 0 Å². The van der Waals surface area contributed by atoms with Crippen molar-refractivity contribution in [1.29, 1.82) is 0 Å². The SMILES string of the molecule is Cc1cc(Cl)ccc1-c1nc(CBr)no1. The fourth-order valence-corrected chi connectivity index (χ4v) is 1.74. The summed E-state index contributed by atoms with van der Waals surface area (Å²) in [6, 6.07) is 5.56. The number of rotatable bonds is 2. The van der Waals surface area contributed by atoms with Crippen molar-refractivity contribution in [2.75, 3.05) is 0 Å². The van der Waals surface area contributed by atoms with Crippen LogP contribution in [0.5, 0.6) is 0 Å². The highest BCUT2D eigenvalue weighted by molar-refractivity contribution is 9.08. The van der Waals surface area contributed by atoms with Gasteiger partial charge in [0.05, 0.1) is 5.33 Å². The molecular weight excluding hydrogens is 279 g/mol. The van der Waals surface area contributed by atoms with E-state index in [1.54, 1.807) is 0 Å². The van der Waals surface area contributed by atoms with Crippen LogP contribution in [0.4, 0.5) is 0 Å². The Hall–Kier alpha value is -0.870. The summed E-state index contributed by atoms with van der Waals surface area (Å²) in [5, 5.41) is 5.10. The highest BCUT2D eigenvalue weighted by Gasteiger charge is 2.10. The van der Waals surface area contributed by atoms with E-state index in [0.29, 0.717) is 22.1 Å². The first-order valence-electron chi connectivity index (χ1n) is 4.36. The van der Waals surface area contributed by atoms with Gasteiger partial charge in [0, 0.05) is 10.6 Å². The van der Waals surface area contributed by atoms with Gasteiger partial charge >= 0.3 is 0 Å². The highest BCUT2D eigenvalue weighted by Crippen LogP contribution is 2.24. The summed E-state index contributed by atoms with van der Waals surface area (Å²) in [6.07, 6.45) is 0. The predicted octanol–water partition coefficient (Wildman–Crippen LogP) is 3.59. The molecule has 0 bridgehead atoms. The molecule has 15 heavy (non-hydrogen) atoms. The van der Waals surface area contributed by atoms with E-state index in [1.807, 2.05) is 25.1 Å². The Labute approximate surface area is 101 Å². The standard InChI is InChI=1S/C10H8BrClN2O/c1-6-4-7(12)2-3-8(6)10-13-9(5-11)14-15-10/h2-4H,5H2,1H3. The second-order valence-electron chi connectivity index (χ2n) is 3.11. The van der Waals surface area contributed by atoms with Crippen LogP contribution in [0.1, 0.15) is 11.4 Å². The van der Waals surface area contributed by atoms with Gasteiger partial charge in [-0.1, -0.05) is 32.7 Å². The molecule has 2 rings (SSSR count). The smallest absolute Gasteiger partial charge is 0.258 e. The molecule has 0 saturated carbocycles. The summed E-state index contributed by atoms with van der Waals surface area (Å²) in [6.45, 7) is 1.96. The van der Waals surface area contributed by atoms with Gasteiger partial charge < -0.3 is 4.52 Å². The normalized spacial score (nSPS) is 10.6. The molecule has 0 fully saturated rings. The Morgan fingerprint density at radius 1 is 1.47 bits per heavy atom. The van der Waals surface area contributed by atoms with E-state index in [0.717, 1.165) is 11.1 Å². The third kappa shape index (κ3) is 2.21. The van der Waals surface area contributed by atoms with Crippen LogP contribution < -0.4 is 0 Å². The Kier molecular flexibility index (Phi) is 3.07. The molecule has 0 atom stereocenters. The van der Waals surface area contributed by atoms with Crippen molar-refractivity contribution >= 4 is 27.5 Å². The topological polar surface area (TPSA) is 38.9 Å². The molecule has 0 spiro atoms. The summed E-state index contributed by atoms with van der Waals surface area (Å²) in [5.74, 6) is 1.16. The van der Waals surface area contributed by atoms with Crippen LogP contribution in [0.15, 0.2) is 22.7 Å². The Morgan fingerprint density at radius 2 is 2.27 bits per heavy atom. The van der Waals surface area contributed by atoms with E-state index in [1.165, 1.54) is 0 Å². The molecule has 0 radical (unpaired) electrons. The minimum absolute atomic E-state index is 0.526. The van der Waals surface area contributed by atoms with Gasteiger partial charge in [0.15, 0.2) is 5.82 Å². The van der Waals surface area contributed by atoms with Gasteiger partial charge in [0.1, 0.15) is 0 Å². The van der Waals surface area contributed by atoms with Crippen LogP contribution in [0.3, 0.4) is 0 Å². The zero-order chi connectivity index (χ0) is 10.8. The Bertz CT molecular complexity index is 484. The lowest BCUT2D eigenvalue weighted by Gasteiger charge is -1.99. The average molecular weight is 288 g/mol. The van der Waals surface area contributed by atoms with E-state index in [4.69, 9.17) is 16.1 Å². The van der Waals surface area contributed by atoms with Gasteiger partial charge in [-0.2, -0.15) is 4.98 Å². The number of aromatic nitrogens is 2. The highest BCUT2D eigenvalue weighted by atomic mass is 79.9. The maximum atomic E-state index is 5.86. The molecular formula is C10H8BrClN2O. The first-order chi connectivity index (χ1) is 7.20. The molecule has 0 amide bonds. The lowest BCUT2D eigenvalue weighted by molar-refractivity contribution is 0.425. The molecule has 1 heterocycles. The number of alkyl halides is 1. The molecule has 2 aromatic rings. The first kappa shape index (κ1) is 10.6. The van der Waals surface area contributed by atoms with Crippen LogP contribution in [-0.2, 0) is 5.33 Å². The number of aryl methyl sites for hydroxylation is 1. The molecule has 0 saturated heterocycles. The Morgan fingerprint density at radius 3 is 2.87 bits per heavy atom. The van der Waals surface area contributed by atoms with Crippen molar-refractivity contribution < 1.29 is 4.52 Å². The van der Waals surface area contributed by atoms with Gasteiger partial charge in [-0.3, -0.25) is 0 Å². The van der Waals surface area contributed by atoms with Crippen LogP contribution in [0, 0.1) is 6.92 Å². The maximum absolute atomic E-state index is 5.86. The van der Waals surface area contributed by atoms with Crippen molar-refractivity contribution in [3.05, 3.63) is 34.6 Å². The van der Waals surface area contributed by atoms with Crippen LogP contribution in [-0.4, -0.2) is 10.1 Å². The number of benzene rings is 1. The van der Waals surface area contributed by atoms with E-state index in [2.05, 4.69) is 26.1 Å². The summed E-state index contributed by atoms with van der Waals surface area (Å²) in [7, 11) is 0. The third-order valence-corrected chi connectivity index (χ3v) is 2.74. The van der Waals surface area contributed by atoms with Crippen molar-refractivity contribution in [1.82, 2.24) is 10.1 Å². The van der Waals surface area contributed by atoms with Crippen molar-refractivity contribution in [2.45, 2.75) is 12.3 Å². The molecule has 0 aliphatic heterocycles. The number of halogens is 2. The van der Waals surface area contributed by atoms with E-state index < -0.39 is 0 Å². The quantitative estimate of drug-likeness (QED) is 0.792. The molecule has 5 heteroatoms. The fraction of sp³-hybridized carbons (Fsp3) is 0.200. The monoisotopic (exact) mass is 286 g/mol. The molecule has 0 N–H and O–H groups in total. The number of hydrogen-bond donors (Lipinski definition) is 0. The maximum Gasteiger partial charge on any atom is 0.258 e.